The van der Waals surface area contributed by atoms with Crippen molar-refractivity contribution in [1.82, 2.24) is 4.90 Å². The highest BCUT2D eigenvalue weighted by Crippen LogP contribution is 2.27. The summed E-state index contributed by atoms with van der Waals surface area (Å²) >= 11 is 0. The van der Waals surface area contributed by atoms with Crippen molar-refractivity contribution in [3.05, 3.63) is 54.3 Å². The number of benzene rings is 2. The van der Waals surface area contributed by atoms with Crippen molar-refractivity contribution < 1.29 is 18.7 Å². The van der Waals surface area contributed by atoms with Crippen molar-refractivity contribution in [3.8, 4) is 11.5 Å². The molecule has 1 saturated heterocycles. The van der Waals surface area contributed by atoms with Gasteiger partial charge in [-0.1, -0.05) is 24.3 Å². The Kier molecular flexibility index (Phi) is 5.61. The quantitative estimate of drug-likeness (QED) is 0.824. The molecule has 6 heteroatoms. The molecule has 0 aliphatic carbocycles. The fourth-order valence-electron chi connectivity index (χ4n) is 3.09. The molecule has 0 saturated carbocycles. The lowest BCUT2D eigenvalue weighted by Crippen LogP contribution is -2.52. The first-order chi connectivity index (χ1) is 12.6. The smallest absolute Gasteiger partial charge is 0.263 e. The molecule has 5 nitrogen and oxygen atoms in total. The maximum atomic E-state index is 13.9. The first-order valence-electron chi connectivity index (χ1n) is 8.68. The molecule has 1 amide bonds. The van der Waals surface area contributed by atoms with Gasteiger partial charge in [0, 0.05) is 26.2 Å². The van der Waals surface area contributed by atoms with Gasteiger partial charge in [-0.2, -0.15) is 0 Å². The summed E-state index contributed by atoms with van der Waals surface area (Å²) in [6.07, 6.45) is -0.619. The Labute approximate surface area is 152 Å². The number of piperazine rings is 1. The number of methoxy groups -OCH3 is 1. The average molecular weight is 358 g/mol. The Bertz CT molecular complexity index is 760. The number of hydrogen-bond donors (Lipinski definition) is 0. The first kappa shape index (κ1) is 18.0. The molecule has 0 bridgehead atoms. The van der Waals surface area contributed by atoms with E-state index in [1.54, 1.807) is 43.2 Å². The van der Waals surface area contributed by atoms with Gasteiger partial charge in [0.15, 0.2) is 17.6 Å². The molecule has 2 aromatic carbocycles. The number of hydrogen-bond acceptors (Lipinski definition) is 4. The standard InChI is InChI=1S/C20H23FN2O3/c1-15(26-19-10-6-5-9-18(19)25-2)20(24)23-13-11-22(12-14-23)17-8-4-3-7-16(17)21/h3-10,15H,11-14H2,1-2H3/t15-/m0/s1. The SMILES string of the molecule is COc1ccccc1O[C@@H](C)C(=O)N1CCN(c2ccccc2F)CC1. The molecular weight excluding hydrogens is 335 g/mol. The predicted molar refractivity (Wildman–Crippen MR) is 98.3 cm³/mol. The highest BCUT2D eigenvalue weighted by atomic mass is 19.1. The molecule has 3 rings (SSSR count). The van der Waals surface area contributed by atoms with E-state index < -0.39 is 6.10 Å². The Balaban J connectivity index is 1.59. The van der Waals surface area contributed by atoms with Crippen LogP contribution in [0.25, 0.3) is 0 Å². The van der Waals surface area contributed by atoms with Gasteiger partial charge >= 0.3 is 0 Å². The minimum atomic E-state index is -0.619. The van der Waals surface area contributed by atoms with E-state index in [-0.39, 0.29) is 11.7 Å². The molecule has 0 N–H and O–H groups in total. The fraction of sp³-hybridized carbons (Fsp3) is 0.350. The zero-order valence-electron chi connectivity index (χ0n) is 15.0. The third kappa shape index (κ3) is 3.90. The molecule has 1 heterocycles. The van der Waals surface area contributed by atoms with Crippen molar-refractivity contribution in [2.75, 3.05) is 38.2 Å². The Morgan fingerprint density at radius 2 is 1.62 bits per heavy atom. The van der Waals surface area contributed by atoms with Crippen LogP contribution in [0.4, 0.5) is 10.1 Å². The second-order valence-corrected chi connectivity index (χ2v) is 6.17. The third-order valence-electron chi connectivity index (χ3n) is 4.51. The summed E-state index contributed by atoms with van der Waals surface area (Å²) in [5.41, 5.74) is 0.581. The molecule has 26 heavy (non-hydrogen) atoms. The van der Waals surface area contributed by atoms with Gasteiger partial charge in [0.05, 0.1) is 12.8 Å². The lowest BCUT2D eigenvalue weighted by Gasteiger charge is -2.37. The molecule has 138 valence electrons. The lowest BCUT2D eigenvalue weighted by atomic mass is 10.2. The topological polar surface area (TPSA) is 42.0 Å². The summed E-state index contributed by atoms with van der Waals surface area (Å²) in [5.74, 6) is 0.821. The van der Waals surface area contributed by atoms with Gasteiger partial charge < -0.3 is 19.3 Å². The Hall–Kier alpha value is -2.76. The summed E-state index contributed by atoms with van der Waals surface area (Å²) in [4.78, 5) is 16.4. The zero-order chi connectivity index (χ0) is 18.5. The van der Waals surface area contributed by atoms with Crippen LogP contribution in [0.1, 0.15) is 6.92 Å². The summed E-state index contributed by atoms with van der Waals surface area (Å²) in [7, 11) is 1.57. The van der Waals surface area contributed by atoms with Crippen molar-refractivity contribution in [2.24, 2.45) is 0 Å². The zero-order valence-corrected chi connectivity index (χ0v) is 15.0. The third-order valence-corrected chi connectivity index (χ3v) is 4.51. The van der Waals surface area contributed by atoms with E-state index in [9.17, 15) is 9.18 Å². The summed E-state index contributed by atoms with van der Waals surface area (Å²) in [6, 6.07) is 14.0. The molecule has 0 aromatic heterocycles. The molecular formula is C20H23FN2O3. The van der Waals surface area contributed by atoms with Gasteiger partial charge in [-0.15, -0.1) is 0 Å². The summed E-state index contributed by atoms with van der Waals surface area (Å²) in [6.45, 7) is 3.99. The van der Waals surface area contributed by atoms with Crippen molar-refractivity contribution in [3.63, 3.8) is 0 Å². The van der Waals surface area contributed by atoms with E-state index in [4.69, 9.17) is 9.47 Å². The minimum Gasteiger partial charge on any atom is -0.493 e. The number of carbonyl (C=O) groups excluding carboxylic acids is 1. The maximum Gasteiger partial charge on any atom is 0.263 e. The molecule has 0 spiro atoms. The van der Waals surface area contributed by atoms with Gasteiger partial charge in [-0.3, -0.25) is 4.79 Å². The molecule has 1 fully saturated rings. The largest absolute Gasteiger partial charge is 0.493 e. The van der Waals surface area contributed by atoms with Gasteiger partial charge in [-0.25, -0.2) is 4.39 Å². The molecule has 1 aliphatic rings. The van der Waals surface area contributed by atoms with E-state index in [0.29, 0.717) is 43.4 Å². The van der Waals surface area contributed by atoms with E-state index >= 15 is 0 Å². The normalized spacial score (nSPS) is 15.5. The van der Waals surface area contributed by atoms with Crippen LogP contribution < -0.4 is 14.4 Å². The Morgan fingerprint density at radius 1 is 1.00 bits per heavy atom. The van der Waals surface area contributed by atoms with Crippen LogP contribution in [0.15, 0.2) is 48.5 Å². The monoisotopic (exact) mass is 358 g/mol. The fourth-order valence-corrected chi connectivity index (χ4v) is 3.09. The first-order valence-corrected chi connectivity index (χ1v) is 8.68. The van der Waals surface area contributed by atoms with Crippen LogP contribution in [-0.2, 0) is 4.79 Å². The number of anilines is 1. The molecule has 1 aliphatic heterocycles. The Morgan fingerprint density at radius 3 is 2.27 bits per heavy atom. The van der Waals surface area contributed by atoms with E-state index in [1.807, 2.05) is 23.1 Å². The highest BCUT2D eigenvalue weighted by Gasteiger charge is 2.27. The highest BCUT2D eigenvalue weighted by molar-refractivity contribution is 5.81. The number of para-hydroxylation sites is 3. The van der Waals surface area contributed by atoms with Crippen LogP contribution in [0.5, 0.6) is 11.5 Å². The van der Waals surface area contributed by atoms with Crippen LogP contribution in [0.2, 0.25) is 0 Å². The van der Waals surface area contributed by atoms with Crippen molar-refractivity contribution in [2.45, 2.75) is 13.0 Å². The summed E-state index contributed by atoms with van der Waals surface area (Å²) < 4.78 is 25.0. The van der Waals surface area contributed by atoms with Gasteiger partial charge in [0.1, 0.15) is 5.82 Å². The molecule has 2 aromatic rings. The van der Waals surface area contributed by atoms with Crippen LogP contribution in [-0.4, -0.2) is 50.2 Å². The van der Waals surface area contributed by atoms with Crippen molar-refractivity contribution in [1.29, 1.82) is 0 Å². The second kappa shape index (κ2) is 8.08. The molecule has 0 unspecified atom stereocenters. The number of carbonyl (C=O) groups is 1. The molecule has 0 radical (unpaired) electrons. The minimum absolute atomic E-state index is 0.0795. The van der Waals surface area contributed by atoms with E-state index in [0.717, 1.165) is 0 Å². The molecule has 1 atom stereocenters. The van der Waals surface area contributed by atoms with Crippen LogP contribution in [0.3, 0.4) is 0 Å². The van der Waals surface area contributed by atoms with Crippen LogP contribution >= 0.6 is 0 Å². The predicted octanol–water partition coefficient (Wildman–Crippen LogP) is 2.95. The lowest BCUT2D eigenvalue weighted by molar-refractivity contribution is -0.138. The number of nitrogens with zero attached hydrogens (tertiary/aromatic N) is 2. The van der Waals surface area contributed by atoms with E-state index in [2.05, 4.69) is 0 Å². The number of rotatable bonds is 5. The van der Waals surface area contributed by atoms with Gasteiger partial charge in [0.2, 0.25) is 0 Å². The number of amides is 1. The number of halogens is 1. The van der Waals surface area contributed by atoms with Gasteiger partial charge in [0.25, 0.3) is 5.91 Å². The number of ether oxygens (including phenoxy) is 2. The second-order valence-electron chi connectivity index (χ2n) is 6.17. The van der Waals surface area contributed by atoms with Gasteiger partial charge in [-0.05, 0) is 31.2 Å². The summed E-state index contributed by atoms with van der Waals surface area (Å²) in [5, 5.41) is 0. The van der Waals surface area contributed by atoms with Crippen LogP contribution in [0, 0.1) is 5.82 Å². The van der Waals surface area contributed by atoms with E-state index in [1.165, 1.54) is 6.07 Å². The van der Waals surface area contributed by atoms with Crippen molar-refractivity contribution >= 4 is 11.6 Å². The maximum absolute atomic E-state index is 13.9. The average Bonchev–Trinajstić information content (AvgIpc) is 2.68.